The standard InChI is InChI=1S/C20H27N3O6S/c1-5-29-9-6-8-23(13-17(24)22-20-21-7-10-30-20)19(25)14-11-15(26-2)18(28-4)16(12-14)27-3/h7,10-12H,5-6,8-9,13H2,1-4H3,(H,21,22,24). The second-order valence-corrected chi connectivity index (χ2v) is 6.97. The van der Waals surface area contributed by atoms with E-state index < -0.39 is 0 Å². The van der Waals surface area contributed by atoms with Crippen molar-refractivity contribution in [3.05, 3.63) is 29.3 Å². The second-order valence-electron chi connectivity index (χ2n) is 6.08. The Bertz CT molecular complexity index is 803. The highest BCUT2D eigenvalue weighted by molar-refractivity contribution is 7.13. The van der Waals surface area contributed by atoms with Crippen molar-refractivity contribution in [2.75, 3.05) is 52.9 Å². The average molecular weight is 438 g/mol. The van der Waals surface area contributed by atoms with E-state index in [2.05, 4.69) is 10.3 Å². The Kier molecular flexibility index (Phi) is 9.36. The molecule has 1 N–H and O–H groups in total. The molecule has 0 aliphatic rings. The molecule has 30 heavy (non-hydrogen) atoms. The monoisotopic (exact) mass is 437 g/mol. The number of anilines is 1. The van der Waals surface area contributed by atoms with Gasteiger partial charge in [-0.15, -0.1) is 11.3 Å². The lowest BCUT2D eigenvalue weighted by molar-refractivity contribution is -0.116. The Morgan fingerprint density at radius 1 is 1.13 bits per heavy atom. The van der Waals surface area contributed by atoms with Gasteiger partial charge in [-0.3, -0.25) is 9.59 Å². The maximum Gasteiger partial charge on any atom is 0.254 e. The molecule has 0 aliphatic carbocycles. The fourth-order valence-electron chi connectivity index (χ4n) is 2.76. The number of hydrogen-bond acceptors (Lipinski definition) is 8. The molecule has 1 heterocycles. The third-order valence-electron chi connectivity index (χ3n) is 4.13. The smallest absolute Gasteiger partial charge is 0.254 e. The molecule has 0 unspecified atom stereocenters. The number of nitrogens with one attached hydrogen (secondary N) is 1. The zero-order chi connectivity index (χ0) is 21.9. The van der Waals surface area contributed by atoms with Crippen LogP contribution in [-0.2, 0) is 9.53 Å². The van der Waals surface area contributed by atoms with E-state index in [9.17, 15) is 9.59 Å². The lowest BCUT2D eigenvalue weighted by Gasteiger charge is -2.23. The first kappa shape index (κ1) is 23.4. The van der Waals surface area contributed by atoms with Crippen molar-refractivity contribution >= 4 is 28.3 Å². The number of amides is 2. The van der Waals surface area contributed by atoms with Gasteiger partial charge in [-0.25, -0.2) is 4.98 Å². The van der Waals surface area contributed by atoms with Gasteiger partial charge in [0.25, 0.3) is 5.91 Å². The van der Waals surface area contributed by atoms with Gasteiger partial charge in [0.1, 0.15) is 6.54 Å². The molecule has 1 aromatic heterocycles. The number of ether oxygens (including phenoxy) is 4. The first-order valence-corrected chi connectivity index (χ1v) is 10.3. The molecule has 0 aliphatic heterocycles. The molecule has 0 radical (unpaired) electrons. The maximum absolute atomic E-state index is 13.2. The maximum atomic E-state index is 13.2. The summed E-state index contributed by atoms with van der Waals surface area (Å²) < 4.78 is 21.3. The summed E-state index contributed by atoms with van der Waals surface area (Å²) in [6, 6.07) is 3.13. The Balaban J connectivity index is 2.22. The summed E-state index contributed by atoms with van der Waals surface area (Å²) in [6.45, 7) is 3.21. The largest absolute Gasteiger partial charge is 0.493 e. The van der Waals surface area contributed by atoms with Gasteiger partial charge in [-0.2, -0.15) is 0 Å². The molecule has 0 saturated carbocycles. The number of rotatable bonds is 12. The van der Waals surface area contributed by atoms with Crippen LogP contribution in [0.3, 0.4) is 0 Å². The molecule has 2 rings (SSSR count). The van der Waals surface area contributed by atoms with Crippen LogP contribution in [-0.4, -0.2) is 69.3 Å². The summed E-state index contributed by atoms with van der Waals surface area (Å²) in [5.74, 6) is 0.451. The minimum atomic E-state index is -0.333. The molecule has 0 atom stereocenters. The Labute approximate surface area is 179 Å². The fraction of sp³-hybridized carbons (Fsp3) is 0.450. The number of methoxy groups -OCH3 is 3. The number of aromatic nitrogens is 1. The molecule has 0 fully saturated rings. The third-order valence-corrected chi connectivity index (χ3v) is 4.82. The highest BCUT2D eigenvalue weighted by Gasteiger charge is 2.23. The van der Waals surface area contributed by atoms with Gasteiger partial charge in [-0.05, 0) is 25.5 Å². The van der Waals surface area contributed by atoms with Crippen LogP contribution in [0.5, 0.6) is 17.2 Å². The SMILES string of the molecule is CCOCCCN(CC(=O)Nc1nccs1)C(=O)c1cc(OC)c(OC)c(OC)c1. The predicted octanol–water partition coefficient (Wildman–Crippen LogP) is 2.68. The van der Waals surface area contributed by atoms with Gasteiger partial charge in [0, 0.05) is 36.9 Å². The van der Waals surface area contributed by atoms with Crippen LogP contribution < -0.4 is 19.5 Å². The van der Waals surface area contributed by atoms with Gasteiger partial charge in [0.15, 0.2) is 16.6 Å². The fourth-order valence-corrected chi connectivity index (χ4v) is 3.30. The zero-order valence-electron chi connectivity index (χ0n) is 17.6. The van der Waals surface area contributed by atoms with Crippen LogP contribution in [0.25, 0.3) is 0 Å². The number of carbonyl (C=O) groups is 2. The van der Waals surface area contributed by atoms with Gasteiger partial charge >= 0.3 is 0 Å². The summed E-state index contributed by atoms with van der Waals surface area (Å²) in [4.78, 5) is 31.2. The van der Waals surface area contributed by atoms with Crippen molar-refractivity contribution in [1.82, 2.24) is 9.88 Å². The summed E-state index contributed by atoms with van der Waals surface area (Å²) >= 11 is 1.31. The second kappa shape index (κ2) is 12.0. The molecule has 0 spiro atoms. The van der Waals surface area contributed by atoms with Gasteiger partial charge < -0.3 is 29.2 Å². The average Bonchev–Trinajstić information content (AvgIpc) is 3.27. The van der Waals surface area contributed by atoms with Crippen molar-refractivity contribution in [3.8, 4) is 17.2 Å². The molecule has 10 heteroatoms. The summed E-state index contributed by atoms with van der Waals surface area (Å²) in [5.41, 5.74) is 0.322. The highest BCUT2D eigenvalue weighted by Crippen LogP contribution is 2.38. The highest BCUT2D eigenvalue weighted by atomic mass is 32.1. The molecule has 164 valence electrons. The van der Waals surface area contributed by atoms with Crippen molar-refractivity contribution < 1.29 is 28.5 Å². The van der Waals surface area contributed by atoms with E-state index in [1.165, 1.54) is 37.6 Å². The molecule has 0 bridgehead atoms. The topological polar surface area (TPSA) is 99.2 Å². The van der Waals surface area contributed by atoms with Crippen LogP contribution >= 0.6 is 11.3 Å². The van der Waals surface area contributed by atoms with Crippen LogP contribution in [0.1, 0.15) is 23.7 Å². The van der Waals surface area contributed by atoms with Crippen molar-refractivity contribution in [2.24, 2.45) is 0 Å². The normalized spacial score (nSPS) is 10.4. The van der Waals surface area contributed by atoms with Gasteiger partial charge in [0.2, 0.25) is 11.7 Å². The minimum absolute atomic E-state index is 0.124. The first-order chi connectivity index (χ1) is 14.5. The molecule has 2 aromatic rings. The van der Waals surface area contributed by atoms with Crippen LogP contribution in [0, 0.1) is 0 Å². The number of hydrogen-bond donors (Lipinski definition) is 1. The van der Waals surface area contributed by atoms with E-state index in [0.29, 0.717) is 54.1 Å². The lowest BCUT2D eigenvalue weighted by Crippen LogP contribution is -2.39. The van der Waals surface area contributed by atoms with Crippen molar-refractivity contribution in [2.45, 2.75) is 13.3 Å². The third kappa shape index (κ3) is 6.33. The van der Waals surface area contributed by atoms with E-state index >= 15 is 0 Å². The number of carbonyl (C=O) groups excluding carboxylic acids is 2. The van der Waals surface area contributed by atoms with E-state index in [-0.39, 0.29) is 18.4 Å². The summed E-state index contributed by atoms with van der Waals surface area (Å²) in [6.07, 6.45) is 2.19. The zero-order valence-corrected chi connectivity index (χ0v) is 18.4. The first-order valence-electron chi connectivity index (χ1n) is 9.40. The van der Waals surface area contributed by atoms with Crippen LogP contribution in [0.4, 0.5) is 5.13 Å². The molecular formula is C20H27N3O6S. The van der Waals surface area contributed by atoms with Crippen LogP contribution in [0.2, 0.25) is 0 Å². The number of benzene rings is 1. The van der Waals surface area contributed by atoms with Gasteiger partial charge in [-0.1, -0.05) is 0 Å². The molecule has 1 aromatic carbocycles. The molecule has 2 amide bonds. The van der Waals surface area contributed by atoms with E-state index in [0.717, 1.165) is 0 Å². The van der Waals surface area contributed by atoms with E-state index in [4.69, 9.17) is 18.9 Å². The van der Waals surface area contributed by atoms with Crippen LogP contribution in [0.15, 0.2) is 23.7 Å². The molecular weight excluding hydrogens is 410 g/mol. The molecule has 9 nitrogen and oxygen atoms in total. The van der Waals surface area contributed by atoms with Crippen molar-refractivity contribution in [3.63, 3.8) is 0 Å². The van der Waals surface area contributed by atoms with E-state index in [1.54, 1.807) is 23.7 Å². The lowest BCUT2D eigenvalue weighted by atomic mass is 10.1. The number of thiazole rings is 1. The Morgan fingerprint density at radius 3 is 2.37 bits per heavy atom. The Hall–Kier alpha value is -2.85. The van der Waals surface area contributed by atoms with Gasteiger partial charge in [0.05, 0.1) is 21.3 Å². The number of nitrogens with zero attached hydrogens (tertiary/aromatic N) is 2. The van der Waals surface area contributed by atoms with E-state index in [1.807, 2.05) is 6.92 Å². The Morgan fingerprint density at radius 2 is 1.83 bits per heavy atom. The quantitative estimate of drug-likeness (QED) is 0.510. The predicted molar refractivity (Wildman–Crippen MR) is 114 cm³/mol. The molecule has 0 saturated heterocycles. The van der Waals surface area contributed by atoms with Crippen molar-refractivity contribution in [1.29, 1.82) is 0 Å². The summed E-state index contributed by atoms with van der Waals surface area (Å²) in [7, 11) is 4.45. The summed E-state index contributed by atoms with van der Waals surface area (Å²) in [5, 5.41) is 4.94. The minimum Gasteiger partial charge on any atom is -0.493 e.